The fourth-order valence-electron chi connectivity index (χ4n) is 1.25. The first-order chi connectivity index (χ1) is 6.06. The van der Waals surface area contributed by atoms with E-state index in [1.807, 2.05) is 19.9 Å². The quantitative estimate of drug-likeness (QED) is 0.635. The maximum atomic E-state index is 9.58. The number of hydrogen-bond donors (Lipinski definition) is 3. The summed E-state index contributed by atoms with van der Waals surface area (Å²) in [5, 5.41) is 9.58. The molecule has 1 aromatic rings. The molecule has 1 rings (SSSR count). The SMILES string of the molecule is Cc1cc(O)c([C@@H](N)CN)cc1C. The summed E-state index contributed by atoms with van der Waals surface area (Å²) in [5.41, 5.74) is 14.1. The number of phenols is 1. The number of aryl methyl sites for hydroxylation is 2. The van der Waals surface area contributed by atoms with Crippen molar-refractivity contribution in [3.63, 3.8) is 0 Å². The molecule has 0 amide bonds. The van der Waals surface area contributed by atoms with Crippen LogP contribution in [0.15, 0.2) is 12.1 Å². The summed E-state index contributed by atoms with van der Waals surface area (Å²) in [6, 6.07) is 3.34. The molecule has 0 spiro atoms. The Balaban J connectivity index is 3.15. The lowest BCUT2D eigenvalue weighted by atomic mass is 10.0. The van der Waals surface area contributed by atoms with Crippen LogP contribution in [-0.4, -0.2) is 11.7 Å². The zero-order chi connectivity index (χ0) is 10.0. The van der Waals surface area contributed by atoms with Crippen LogP contribution in [0.25, 0.3) is 0 Å². The molecule has 1 atom stereocenters. The van der Waals surface area contributed by atoms with Gasteiger partial charge in [0.1, 0.15) is 5.75 Å². The Hall–Kier alpha value is -1.06. The third-order valence-corrected chi connectivity index (χ3v) is 2.30. The average Bonchev–Trinajstić information content (AvgIpc) is 2.10. The van der Waals surface area contributed by atoms with Crippen molar-refractivity contribution in [3.05, 3.63) is 28.8 Å². The lowest BCUT2D eigenvalue weighted by molar-refractivity contribution is 0.461. The molecular formula is C10H16N2O. The molecule has 0 aliphatic rings. The van der Waals surface area contributed by atoms with Gasteiger partial charge in [0.2, 0.25) is 0 Å². The highest BCUT2D eigenvalue weighted by molar-refractivity contribution is 5.42. The van der Waals surface area contributed by atoms with Gasteiger partial charge in [-0.15, -0.1) is 0 Å². The second-order valence-corrected chi connectivity index (χ2v) is 3.34. The van der Waals surface area contributed by atoms with Crippen molar-refractivity contribution in [2.24, 2.45) is 11.5 Å². The highest BCUT2D eigenvalue weighted by Gasteiger charge is 2.10. The molecule has 0 heterocycles. The van der Waals surface area contributed by atoms with E-state index in [-0.39, 0.29) is 11.8 Å². The van der Waals surface area contributed by atoms with E-state index in [0.717, 1.165) is 16.7 Å². The van der Waals surface area contributed by atoms with Crippen LogP contribution in [0.5, 0.6) is 5.75 Å². The molecule has 0 fully saturated rings. The Morgan fingerprint density at radius 2 is 1.85 bits per heavy atom. The Labute approximate surface area is 78.4 Å². The molecule has 0 saturated heterocycles. The van der Waals surface area contributed by atoms with E-state index in [4.69, 9.17) is 11.5 Å². The first-order valence-corrected chi connectivity index (χ1v) is 4.32. The number of rotatable bonds is 2. The zero-order valence-electron chi connectivity index (χ0n) is 8.04. The van der Waals surface area contributed by atoms with Crippen LogP contribution in [0.4, 0.5) is 0 Å². The predicted molar refractivity (Wildman–Crippen MR) is 53.6 cm³/mol. The lowest BCUT2D eigenvalue weighted by Crippen LogP contribution is -2.21. The molecule has 0 bridgehead atoms. The highest BCUT2D eigenvalue weighted by Crippen LogP contribution is 2.25. The third-order valence-electron chi connectivity index (χ3n) is 2.30. The van der Waals surface area contributed by atoms with Gasteiger partial charge < -0.3 is 16.6 Å². The van der Waals surface area contributed by atoms with Gasteiger partial charge in [0.05, 0.1) is 0 Å². The molecule has 5 N–H and O–H groups in total. The summed E-state index contributed by atoms with van der Waals surface area (Å²) in [4.78, 5) is 0. The van der Waals surface area contributed by atoms with Crippen molar-refractivity contribution < 1.29 is 5.11 Å². The number of nitrogens with two attached hydrogens (primary N) is 2. The van der Waals surface area contributed by atoms with Gasteiger partial charge in [-0.05, 0) is 31.0 Å². The number of hydrogen-bond acceptors (Lipinski definition) is 3. The number of benzene rings is 1. The monoisotopic (exact) mass is 180 g/mol. The summed E-state index contributed by atoms with van der Waals surface area (Å²) in [6.45, 7) is 4.28. The summed E-state index contributed by atoms with van der Waals surface area (Å²) < 4.78 is 0. The van der Waals surface area contributed by atoms with E-state index in [0.29, 0.717) is 6.54 Å². The van der Waals surface area contributed by atoms with E-state index in [9.17, 15) is 5.11 Å². The molecule has 0 aromatic heterocycles. The van der Waals surface area contributed by atoms with Crippen molar-refractivity contribution in [3.8, 4) is 5.75 Å². The molecule has 0 saturated carbocycles. The smallest absolute Gasteiger partial charge is 0.120 e. The Kier molecular flexibility index (Phi) is 2.90. The lowest BCUT2D eigenvalue weighted by Gasteiger charge is -2.13. The maximum absolute atomic E-state index is 9.58. The van der Waals surface area contributed by atoms with E-state index >= 15 is 0 Å². The second kappa shape index (κ2) is 3.77. The van der Waals surface area contributed by atoms with Gasteiger partial charge in [-0.25, -0.2) is 0 Å². The summed E-state index contributed by atoms with van der Waals surface area (Å²) in [7, 11) is 0. The van der Waals surface area contributed by atoms with Gasteiger partial charge in [0.25, 0.3) is 0 Å². The van der Waals surface area contributed by atoms with E-state index < -0.39 is 0 Å². The van der Waals surface area contributed by atoms with Crippen LogP contribution in [0, 0.1) is 13.8 Å². The molecule has 1 aromatic carbocycles. The van der Waals surface area contributed by atoms with Crippen LogP contribution in [0.3, 0.4) is 0 Å². The van der Waals surface area contributed by atoms with Gasteiger partial charge in [-0.3, -0.25) is 0 Å². The van der Waals surface area contributed by atoms with E-state index in [1.165, 1.54) is 0 Å². The fraction of sp³-hybridized carbons (Fsp3) is 0.400. The maximum Gasteiger partial charge on any atom is 0.120 e. The number of aromatic hydroxyl groups is 1. The van der Waals surface area contributed by atoms with Crippen molar-refractivity contribution in [2.45, 2.75) is 19.9 Å². The predicted octanol–water partition coefficient (Wildman–Crippen LogP) is 0.968. The first-order valence-electron chi connectivity index (χ1n) is 4.32. The normalized spacial score (nSPS) is 12.9. The zero-order valence-corrected chi connectivity index (χ0v) is 8.04. The second-order valence-electron chi connectivity index (χ2n) is 3.34. The molecule has 13 heavy (non-hydrogen) atoms. The minimum Gasteiger partial charge on any atom is -0.508 e. The average molecular weight is 180 g/mol. The first kappa shape index (κ1) is 10.0. The molecule has 0 aliphatic carbocycles. The molecule has 72 valence electrons. The Morgan fingerprint density at radius 1 is 1.31 bits per heavy atom. The van der Waals surface area contributed by atoms with Gasteiger partial charge in [0.15, 0.2) is 0 Å². The van der Waals surface area contributed by atoms with Gasteiger partial charge in [0, 0.05) is 18.2 Å². The molecule has 0 radical (unpaired) electrons. The summed E-state index contributed by atoms with van der Waals surface area (Å²) >= 11 is 0. The van der Waals surface area contributed by atoms with E-state index in [2.05, 4.69) is 0 Å². The highest BCUT2D eigenvalue weighted by atomic mass is 16.3. The third kappa shape index (κ3) is 1.99. The van der Waals surface area contributed by atoms with Crippen molar-refractivity contribution in [1.29, 1.82) is 0 Å². The van der Waals surface area contributed by atoms with Crippen LogP contribution in [0.1, 0.15) is 22.7 Å². The molecular weight excluding hydrogens is 164 g/mol. The standard InChI is InChI=1S/C10H16N2O/c1-6-3-8(9(12)5-11)10(13)4-7(6)2/h3-4,9,13H,5,11-12H2,1-2H3/t9-/m0/s1. The molecule has 3 nitrogen and oxygen atoms in total. The molecule has 3 heteroatoms. The fourth-order valence-corrected chi connectivity index (χ4v) is 1.25. The largest absolute Gasteiger partial charge is 0.508 e. The number of phenolic OH excluding ortho intramolecular Hbond substituents is 1. The van der Waals surface area contributed by atoms with Gasteiger partial charge >= 0.3 is 0 Å². The van der Waals surface area contributed by atoms with Crippen molar-refractivity contribution in [1.82, 2.24) is 0 Å². The Bertz CT molecular complexity index is 310. The Morgan fingerprint density at radius 3 is 2.38 bits per heavy atom. The minimum absolute atomic E-state index is 0.237. The van der Waals surface area contributed by atoms with Crippen LogP contribution < -0.4 is 11.5 Å². The summed E-state index contributed by atoms with van der Waals surface area (Å²) in [5.74, 6) is 0.237. The molecule has 0 aliphatic heterocycles. The minimum atomic E-state index is -0.278. The molecule has 0 unspecified atom stereocenters. The van der Waals surface area contributed by atoms with Crippen molar-refractivity contribution in [2.75, 3.05) is 6.54 Å². The van der Waals surface area contributed by atoms with Gasteiger partial charge in [-0.2, -0.15) is 0 Å². The van der Waals surface area contributed by atoms with Crippen LogP contribution in [-0.2, 0) is 0 Å². The van der Waals surface area contributed by atoms with E-state index in [1.54, 1.807) is 6.07 Å². The van der Waals surface area contributed by atoms with Gasteiger partial charge in [-0.1, -0.05) is 6.07 Å². The topological polar surface area (TPSA) is 72.3 Å². The van der Waals surface area contributed by atoms with Crippen LogP contribution >= 0.6 is 0 Å². The van der Waals surface area contributed by atoms with Crippen molar-refractivity contribution >= 4 is 0 Å². The van der Waals surface area contributed by atoms with Crippen LogP contribution in [0.2, 0.25) is 0 Å². The summed E-state index contributed by atoms with van der Waals surface area (Å²) in [6.07, 6.45) is 0.